The number of rotatable bonds is 4. The minimum absolute atomic E-state index is 0.117. The number of nitrogens with zero attached hydrogens (tertiary/aromatic N) is 3. The number of anilines is 1. The van der Waals surface area contributed by atoms with E-state index in [0.29, 0.717) is 17.4 Å². The van der Waals surface area contributed by atoms with Crippen molar-refractivity contribution in [2.75, 3.05) is 11.4 Å². The monoisotopic (exact) mass is 318 g/mol. The van der Waals surface area contributed by atoms with Gasteiger partial charge in [0.25, 0.3) is 0 Å². The maximum atomic E-state index is 13.0. The molecular formula is C15H15FN4O3. The SMILES string of the molecule is Cc1noc(CNC(=O)[C@@H]2CC(=O)N(c3ccc(F)cc3)C2)n1. The van der Waals surface area contributed by atoms with Crippen molar-refractivity contribution in [3.8, 4) is 0 Å². The van der Waals surface area contributed by atoms with Crippen molar-refractivity contribution in [1.82, 2.24) is 15.5 Å². The van der Waals surface area contributed by atoms with Crippen molar-refractivity contribution < 1.29 is 18.5 Å². The Kier molecular flexibility index (Phi) is 4.05. The summed E-state index contributed by atoms with van der Waals surface area (Å²) < 4.78 is 17.9. The summed E-state index contributed by atoms with van der Waals surface area (Å²) in [6.07, 6.45) is 0.117. The molecule has 0 saturated carbocycles. The Morgan fingerprint density at radius 1 is 1.43 bits per heavy atom. The normalized spacial score (nSPS) is 17.6. The van der Waals surface area contributed by atoms with Crippen molar-refractivity contribution in [1.29, 1.82) is 0 Å². The van der Waals surface area contributed by atoms with Gasteiger partial charge in [-0.1, -0.05) is 5.16 Å². The number of hydrogen-bond acceptors (Lipinski definition) is 5. The number of nitrogens with one attached hydrogen (secondary N) is 1. The van der Waals surface area contributed by atoms with Gasteiger partial charge in [0.15, 0.2) is 5.82 Å². The molecule has 0 spiro atoms. The fourth-order valence-electron chi connectivity index (χ4n) is 2.47. The van der Waals surface area contributed by atoms with Crippen LogP contribution in [0.15, 0.2) is 28.8 Å². The second kappa shape index (κ2) is 6.15. The number of carbonyl (C=O) groups excluding carboxylic acids is 2. The van der Waals surface area contributed by atoms with Gasteiger partial charge in [-0.15, -0.1) is 0 Å². The number of aromatic nitrogens is 2. The van der Waals surface area contributed by atoms with E-state index in [1.807, 2.05) is 0 Å². The van der Waals surface area contributed by atoms with Gasteiger partial charge in [0.2, 0.25) is 17.7 Å². The van der Waals surface area contributed by atoms with Crippen LogP contribution in [0.2, 0.25) is 0 Å². The van der Waals surface area contributed by atoms with Gasteiger partial charge in [-0.05, 0) is 31.2 Å². The number of aryl methyl sites for hydroxylation is 1. The molecular weight excluding hydrogens is 303 g/mol. The first-order valence-electron chi connectivity index (χ1n) is 7.16. The first-order chi connectivity index (χ1) is 11.0. The topological polar surface area (TPSA) is 88.3 Å². The molecule has 0 aliphatic carbocycles. The number of benzene rings is 1. The lowest BCUT2D eigenvalue weighted by atomic mass is 10.1. The van der Waals surface area contributed by atoms with Crippen LogP contribution in [0.3, 0.4) is 0 Å². The van der Waals surface area contributed by atoms with E-state index in [0.717, 1.165) is 0 Å². The molecule has 1 aliphatic rings. The second-order valence-corrected chi connectivity index (χ2v) is 5.33. The first-order valence-corrected chi connectivity index (χ1v) is 7.16. The lowest BCUT2D eigenvalue weighted by molar-refractivity contribution is -0.126. The van der Waals surface area contributed by atoms with E-state index in [1.165, 1.54) is 29.2 Å². The molecule has 3 rings (SSSR count). The quantitative estimate of drug-likeness (QED) is 0.914. The summed E-state index contributed by atoms with van der Waals surface area (Å²) in [4.78, 5) is 29.7. The van der Waals surface area contributed by atoms with E-state index in [9.17, 15) is 14.0 Å². The third kappa shape index (κ3) is 3.36. The molecule has 1 aliphatic heterocycles. The van der Waals surface area contributed by atoms with Crippen molar-refractivity contribution in [2.24, 2.45) is 5.92 Å². The molecule has 1 fully saturated rings. The molecule has 1 N–H and O–H groups in total. The lowest BCUT2D eigenvalue weighted by Gasteiger charge is -2.16. The molecule has 0 radical (unpaired) electrons. The zero-order chi connectivity index (χ0) is 16.4. The Morgan fingerprint density at radius 2 is 2.17 bits per heavy atom. The van der Waals surface area contributed by atoms with E-state index in [-0.39, 0.29) is 37.1 Å². The van der Waals surface area contributed by atoms with E-state index < -0.39 is 5.92 Å². The van der Waals surface area contributed by atoms with Crippen LogP contribution in [0.1, 0.15) is 18.1 Å². The highest BCUT2D eigenvalue weighted by molar-refractivity contribution is 6.00. The minimum atomic E-state index is -0.462. The van der Waals surface area contributed by atoms with Gasteiger partial charge >= 0.3 is 0 Å². The van der Waals surface area contributed by atoms with Gasteiger partial charge in [0, 0.05) is 18.7 Å². The number of amides is 2. The average Bonchev–Trinajstić information content (AvgIpc) is 3.12. The van der Waals surface area contributed by atoms with Crippen LogP contribution in [0, 0.1) is 18.7 Å². The van der Waals surface area contributed by atoms with E-state index in [2.05, 4.69) is 15.5 Å². The fourth-order valence-corrected chi connectivity index (χ4v) is 2.47. The second-order valence-electron chi connectivity index (χ2n) is 5.33. The summed E-state index contributed by atoms with van der Waals surface area (Å²) in [5.74, 6) is -0.436. The largest absolute Gasteiger partial charge is 0.347 e. The molecule has 2 aromatic rings. The maximum Gasteiger partial charge on any atom is 0.246 e. The summed E-state index contributed by atoms with van der Waals surface area (Å²) in [7, 11) is 0. The van der Waals surface area contributed by atoms with Crippen LogP contribution in [0.25, 0.3) is 0 Å². The zero-order valence-corrected chi connectivity index (χ0v) is 12.5. The Bertz CT molecular complexity index is 729. The molecule has 1 saturated heterocycles. The molecule has 8 heteroatoms. The Hall–Kier alpha value is -2.77. The lowest BCUT2D eigenvalue weighted by Crippen LogP contribution is -2.32. The Balaban J connectivity index is 1.60. The average molecular weight is 318 g/mol. The van der Waals surface area contributed by atoms with Gasteiger partial charge in [-0.3, -0.25) is 9.59 Å². The molecule has 0 bridgehead atoms. The van der Waals surface area contributed by atoms with Gasteiger partial charge in [-0.25, -0.2) is 4.39 Å². The van der Waals surface area contributed by atoms with Crippen molar-refractivity contribution in [3.05, 3.63) is 41.8 Å². The molecule has 2 heterocycles. The zero-order valence-electron chi connectivity index (χ0n) is 12.5. The third-order valence-corrected chi connectivity index (χ3v) is 3.62. The number of hydrogen-bond donors (Lipinski definition) is 1. The summed E-state index contributed by atoms with van der Waals surface area (Å²) in [5, 5.41) is 6.31. The van der Waals surface area contributed by atoms with E-state index in [1.54, 1.807) is 6.92 Å². The van der Waals surface area contributed by atoms with Gasteiger partial charge in [0.1, 0.15) is 5.82 Å². The first kappa shape index (κ1) is 15.1. The van der Waals surface area contributed by atoms with Crippen molar-refractivity contribution >= 4 is 17.5 Å². The summed E-state index contributed by atoms with van der Waals surface area (Å²) >= 11 is 0. The summed E-state index contributed by atoms with van der Waals surface area (Å²) in [6.45, 7) is 2.07. The highest BCUT2D eigenvalue weighted by Gasteiger charge is 2.35. The molecule has 120 valence electrons. The predicted octanol–water partition coefficient (Wildman–Crippen LogP) is 1.19. The maximum absolute atomic E-state index is 13.0. The molecule has 1 aromatic heterocycles. The number of halogens is 1. The standard InChI is InChI=1S/C15H15FN4O3/c1-9-18-13(23-19-9)7-17-15(22)10-6-14(21)20(8-10)12-4-2-11(16)3-5-12/h2-5,10H,6-8H2,1H3,(H,17,22)/t10-/m1/s1. The van der Waals surface area contributed by atoms with Gasteiger partial charge < -0.3 is 14.7 Å². The van der Waals surface area contributed by atoms with Crippen LogP contribution < -0.4 is 10.2 Å². The van der Waals surface area contributed by atoms with E-state index >= 15 is 0 Å². The van der Waals surface area contributed by atoms with Crippen LogP contribution in [0.4, 0.5) is 10.1 Å². The Labute approximate surface area is 131 Å². The fraction of sp³-hybridized carbons (Fsp3) is 0.333. The third-order valence-electron chi connectivity index (χ3n) is 3.62. The molecule has 1 atom stereocenters. The smallest absolute Gasteiger partial charge is 0.246 e. The minimum Gasteiger partial charge on any atom is -0.347 e. The summed E-state index contributed by atoms with van der Waals surface area (Å²) in [6, 6.07) is 5.62. The summed E-state index contributed by atoms with van der Waals surface area (Å²) in [5.41, 5.74) is 0.583. The molecule has 7 nitrogen and oxygen atoms in total. The number of carbonyl (C=O) groups is 2. The molecule has 23 heavy (non-hydrogen) atoms. The van der Waals surface area contributed by atoms with E-state index in [4.69, 9.17) is 4.52 Å². The van der Waals surface area contributed by atoms with Gasteiger partial charge in [-0.2, -0.15) is 4.98 Å². The van der Waals surface area contributed by atoms with Crippen molar-refractivity contribution in [2.45, 2.75) is 19.9 Å². The molecule has 2 amide bonds. The highest BCUT2D eigenvalue weighted by atomic mass is 19.1. The molecule has 0 unspecified atom stereocenters. The van der Waals surface area contributed by atoms with Crippen molar-refractivity contribution in [3.63, 3.8) is 0 Å². The Morgan fingerprint density at radius 3 is 2.83 bits per heavy atom. The van der Waals surface area contributed by atoms with Crippen LogP contribution in [0.5, 0.6) is 0 Å². The highest BCUT2D eigenvalue weighted by Crippen LogP contribution is 2.25. The molecule has 1 aromatic carbocycles. The van der Waals surface area contributed by atoms with Crippen LogP contribution in [-0.2, 0) is 16.1 Å². The van der Waals surface area contributed by atoms with Gasteiger partial charge in [0.05, 0.1) is 12.5 Å². The van der Waals surface area contributed by atoms with Crippen LogP contribution >= 0.6 is 0 Å². The van der Waals surface area contributed by atoms with Crippen LogP contribution in [-0.4, -0.2) is 28.5 Å². The predicted molar refractivity (Wildman–Crippen MR) is 77.7 cm³/mol.